The molecule has 0 saturated carbocycles. The summed E-state index contributed by atoms with van der Waals surface area (Å²) in [6.45, 7) is 4.53. The Labute approximate surface area is 117 Å². The van der Waals surface area contributed by atoms with Crippen molar-refractivity contribution in [3.05, 3.63) is 29.7 Å². The molecule has 0 radical (unpaired) electrons. The van der Waals surface area contributed by atoms with E-state index in [4.69, 9.17) is 9.52 Å². The number of piperidine rings is 1. The Balaban J connectivity index is 1.92. The van der Waals surface area contributed by atoms with Crippen LogP contribution in [0, 0.1) is 12.3 Å². The summed E-state index contributed by atoms with van der Waals surface area (Å²) in [5.74, 6) is 0.549. The summed E-state index contributed by atoms with van der Waals surface area (Å²) in [5.41, 5.74) is -0.710. The number of hydrogen-bond donors (Lipinski definition) is 1. The SMILES string of the molecule is Cc1ccc(C=CC(=O)N2CCC(C)(C(=O)O)CC2)o1. The molecule has 1 saturated heterocycles. The third kappa shape index (κ3) is 3.10. The van der Waals surface area contributed by atoms with Crippen LogP contribution < -0.4 is 0 Å². The van der Waals surface area contributed by atoms with Crippen LogP contribution in [0.4, 0.5) is 0 Å². The predicted octanol–water partition coefficient (Wildman–Crippen LogP) is 2.31. The van der Waals surface area contributed by atoms with Gasteiger partial charge in [-0.3, -0.25) is 9.59 Å². The molecule has 5 heteroatoms. The minimum absolute atomic E-state index is 0.105. The molecule has 1 N–H and O–H groups in total. The number of aryl methyl sites for hydroxylation is 1. The molecule has 1 aromatic heterocycles. The van der Waals surface area contributed by atoms with E-state index in [1.165, 1.54) is 6.08 Å². The fourth-order valence-electron chi connectivity index (χ4n) is 2.24. The van der Waals surface area contributed by atoms with Crippen LogP contribution in [0.15, 0.2) is 22.6 Å². The largest absolute Gasteiger partial charge is 0.481 e. The molecular weight excluding hydrogens is 258 g/mol. The van der Waals surface area contributed by atoms with Gasteiger partial charge < -0.3 is 14.4 Å². The third-order valence-electron chi connectivity index (χ3n) is 3.85. The van der Waals surface area contributed by atoms with Gasteiger partial charge >= 0.3 is 5.97 Å². The average Bonchev–Trinajstić information content (AvgIpc) is 2.82. The van der Waals surface area contributed by atoms with Gasteiger partial charge in [0, 0.05) is 19.2 Å². The van der Waals surface area contributed by atoms with E-state index in [2.05, 4.69) is 0 Å². The fourth-order valence-corrected chi connectivity index (χ4v) is 2.24. The van der Waals surface area contributed by atoms with Crippen LogP contribution in [0.5, 0.6) is 0 Å². The lowest BCUT2D eigenvalue weighted by Gasteiger charge is -2.35. The van der Waals surface area contributed by atoms with Crippen LogP contribution in [0.3, 0.4) is 0 Å². The Morgan fingerprint density at radius 2 is 2.00 bits per heavy atom. The number of amides is 1. The maximum Gasteiger partial charge on any atom is 0.309 e. The van der Waals surface area contributed by atoms with Gasteiger partial charge in [-0.2, -0.15) is 0 Å². The number of hydrogen-bond acceptors (Lipinski definition) is 3. The molecule has 0 atom stereocenters. The number of carbonyl (C=O) groups excluding carboxylic acids is 1. The summed E-state index contributed by atoms with van der Waals surface area (Å²) in [5, 5.41) is 9.15. The second-order valence-corrected chi connectivity index (χ2v) is 5.47. The molecule has 5 nitrogen and oxygen atoms in total. The lowest BCUT2D eigenvalue weighted by Crippen LogP contribution is -2.44. The van der Waals surface area contributed by atoms with E-state index in [0.29, 0.717) is 31.7 Å². The van der Waals surface area contributed by atoms with Gasteiger partial charge in [0.2, 0.25) is 5.91 Å². The maximum absolute atomic E-state index is 12.0. The Morgan fingerprint density at radius 1 is 1.35 bits per heavy atom. The van der Waals surface area contributed by atoms with Crippen molar-refractivity contribution in [3.8, 4) is 0 Å². The molecule has 108 valence electrons. The molecule has 0 aliphatic carbocycles. The minimum Gasteiger partial charge on any atom is -0.481 e. The van der Waals surface area contributed by atoms with Gasteiger partial charge in [0.1, 0.15) is 11.5 Å². The van der Waals surface area contributed by atoms with E-state index in [1.807, 2.05) is 13.0 Å². The van der Waals surface area contributed by atoms with Gasteiger partial charge in [-0.15, -0.1) is 0 Å². The molecule has 1 aliphatic rings. The summed E-state index contributed by atoms with van der Waals surface area (Å²) >= 11 is 0. The molecule has 1 fully saturated rings. The zero-order chi connectivity index (χ0) is 14.8. The van der Waals surface area contributed by atoms with Crippen LogP contribution in [-0.4, -0.2) is 35.0 Å². The highest BCUT2D eigenvalue weighted by molar-refractivity contribution is 5.91. The van der Waals surface area contributed by atoms with Crippen molar-refractivity contribution in [2.45, 2.75) is 26.7 Å². The first kappa shape index (κ1) is 14.4. The highest BCUT2D eigenvalue weighted by atomic mass is 16.4. The molecule has 1 aliphatic heterocycles. The fraction of sp³-hybridized carbons (Fsp3) is 0.467. The van der Waals surface area contributed by atoms with Crippen molar-refractivity contribution >= 4 is 18.0 Å². The number of furan rings is 1. The molecule has 2 heterocycles. The quantitative estimate of drug-likeness (QED) is 0.861. The van der Waals surface area contributed by atoms with E-state index in [1.54, 1.807) is 24.0 Å². The van der Waals surface area contributed by atoms with Crippen LogP contribution in [0.25, 0.3) is 6.08 Å². The van der Waals surface area contributed by atoms with Crippen molar-refractivity contribution < 1.29 is 19.1 Å². The number of carbonyl (C=O) groups is 2. The Kier molecular flexibility index (Phi) is 3.97. The van der Waals surface area contributed by atoms with E-state index >= 15 is 0 Å². The van der Waals surface area contributed by atoms with Gasteiger partial charge in [0.05, 0.1) is 5.41 Å². The third-order valence-corrected chi connectivity index (χ3v) is 3.85. The van der Waals surface area contributed by atoms with E-state index in [9.17, 15) is 9.59 Å². The summed E-state index contributed by atoms with van der Waals surface area (Å²) < 4.78 is 5.35. The number of carboxylic acid groups (broad SMARTS) is 1. The normalized spacial score (nSPS) is 18.4. The molecule has 2 rings (SSSR count). The maximum atomic E-state index is 12.0. The first-order valence-electron chi connectivity index (χ1n) is 6.67. The second-order valence-electron chi connectivity index (χ2n) is 5.47. The number of nitrogens with zero attached hydrogens (tertiary/aromatic N) is 1. The van der Waals surface area contributed by atoms with Crippen molar-refractivity contribution in [1.82, 2.24) is 4.90 Å². The molecule has 1 amide bonds. The van der Waals surface area contributed by atoms with Crippen LogP contribution >= 0.6 is 0 Å². The molecule has 0 unspecified atom stereocenters. The number of rotatable bonds is 3. The molecule has 0 bridgehead atoms. The smallest absolute Gasteiger partial charge is 0.309 e. The highest BCUT2D eigenvalue weighted by Crippen LogP contribution is 2.31. The molecular formula is C15H19NO4. The molecule has 0 aromatic carbocycles. The molecule has 1 aromatic rings. The van der Waals surface area contributed by atoms with Crippen molar-refractivity contribution in [1.29, 1.82) is 0 Å². The average molecular weight is 277 g/mol. The number of aliphatic carboxylic acids is 1. The van der Waals surface area contributed by atoms with Crippen molar-refractivity contribution in [2.75, 3.05) is 13.1 Å². The predicted molar refractivity (Wildman–Crippen MR) is 74.0 cm³/mol. The standard InChI is InChI=1S/C15H19NO4/c1-11-3-4-12(20-11)5-6-13(17)16-9-7-15(2,8-10-16)14(18)19/h3-6H,7-10H2,1-2H3,(H,18,19). The van der Waals surface area contributed by atoms with E-state index < -0.39 is 11.4 Å². The summed E-state index contributed by atoms with van der Waals surface area (Å²) in [6.07, 6.45) is 4.09. The zero-order valence-electron chi connectivity index (χ0n) is 11.8. The van der Waals surface area contributed by atoms with Crippen molar-refractivity contribution in [3.63, 3.8) is 0 Å². The summed E-state index contributed by atoms with van der Waals surface area (Å²) in [7, 11) is 0. The Bertz CT molecular complexity index is 536. The number of likely N-dealkylation sites (tertiary alicyclic amines) is 1. The van der Waals surface area contributed by atoms with Crippen LogP contribution in [0.2, 0.25) is 0 Å². The highest BCUT2D eigenvalue weighted by Gasteiger charge is 2.37. The zero-order valence-corrected chi connectivity index (χ0v) is 11.8. The second kappa shape index (κ2) is 5.53. The van der Waals surface area contributed by atoms with Gasteiger partial charge in [-0.1, -0.05) is 0 Å². The Hall–Kier alpha value is -2.04. The monoisotopic (exact) mass is 277 g/mol. The first-order chi connectivity index (χ1) is 9.40. The minimum atomic E-state index is -0.786. The van der Waals surface area contributed by atoms with Gasteiger partial charge in [0.25, 0.3) is 0 Å². The summed E-state index contributed by atoms with van der Waals surface area (Å²) in [6, 6.07) is 3.64. The van der Waals surface area contributed by atoms with Crippen molar-refractivity contribution in [2.24, 2.45) is 5.41 Å². The topological polar surface area (TPSA) is 70.8 Å². The first-order valence-corrected chi connectivity index (χ1v) is 6.67. The van der Waals surface area contributed by atoms with E-state index in [0.717, 1.165) is 5.76 Å². The van der Waals surface area contributed by atoms with Crippen LogP contribution in [-0.2, 0) is 9.59 Å². The lowest BCUT2D eigenvalue weighted by atomic mass is 9.80. The number of carboxylic acids is 1. The Morgan fingerprint density at radius 3 is 2.50 bits per heavy atom. The van der Waals surface area contributed by atoms with Gasteiger partial charge in [0.15, 0.2) is 0 Å². The molecule has 20 heavy (non-hydrogen) atoms. The molecule has 0 spiro atoms. The van der Waals surface area contributed by atoms with Gasteiger partial charge in [-0.25, -0.2) is 0 Å². The van der Waals surface area contributed by atoms with Crippen LogP contribution in [0.1, 0.15) is 31.3 Å². The van der Waals surface area contributed by atoms with E-state index in [-0.39, 0.29) is 5.91 Å². The lowest BCUT2D eigenvalue weighted by molar-refractivity contribution is -0.152. The summed E-state index contributed by atoms with van der Waals surface area (Å²) in [4.78, 5) is 24.8. The van der Waals surface area contributed by atoms with Gasteiger partial charge in [-0.05, 0) is 44.9 Å².